The molecule has 1 aliphatic rings. The number of anilines is 1. The normalized spacial score (nSPS) is 14.7. The van der Waals surface area contributed by atoms with Crippen molar-refractivity contribution in [2.45, 2.75) is 0 Å². The van der Waals surface area contributed by atoms with Crippen LogP contribution in [0.1, 0.15) is 26.3 Å². The van der Waals surface area contributed by atoms with Crippen LogP contribution in [0.25, 0.3) is 6.08 Å². The van der Waals surface area contributed by atoms with Crippen molar-refractivity contribution in [1.82, 2.24) is 4.90 Å². The molecule has 2 aromatic rings. The maximum atomic E-state index is 13.3. The maximum Gasteiger partial charge on any atom is 0.335 e. The number of carbonyl (C=O) groups is 5. The number of benzene rings is 2. The van der Waals surface area contributed by atoms with Gasteiger partial charge in [-0.2, -0.15) is 0 Å². The second kappa shape index (κ2) is 8.79. The lowest BCUT2D eigenvalue weighted by Gasteiger charge is -2.13. The Morgan fingerprint density at radius 3 is 2.26 bits per heavy atom. The number of amides is 3. The highest BCUT2D eigenvalue weighted by molar-refractivity contribution is 8.18. The van der Waals surface area contributed by atoms with Crippen LogP contribution in [0, 0.1) is 5.82 Å². The topological polar surface area (TPSA) is 141 Å². The Morgan fingerprint density at radius 1 is 1.03 bits per heavy atom. The van der Waals surface area contributed by atoms with Gasteiger partial charge in [-0.25, -0.2) is 14.0 Å². The fourth-order valence-electron chi connectivity index (χ4n) is 2.67. The standard InChI is InChI=1S/C20H13FN2O7S/c21-13-3-1-2-10(4-13)5-15-17(25)23(20(30)31-15)9-16(24)22-14-7-11(18(26)27)6-12(8-14)19(28)29/h1-8H,9H2,(H,22,24)(H,26,27)(H,28,29)/b15-5-. The molecule has 2 aromatic carbocycles. The van der Waals surface area contributed by atoms with Crippen molar-refractivity contribution in [3.63, 3.8) is 0 Å². The van der Waals surface area contributed by atoms with Crippen LogP contribution in [0.5, 0.6) is 0 Å². The van der Waals surface area contributed by atoms with Crippen molar-refractivity contribution in [3.8, 4) is 0 Å². The summed E-state index contributed by atoms with van der Waals surface area (Å²) >= 11 is 0.584. The lowest BCUT2D eigenvalue weighted by atomic mass is 10.1. The number of hydrogen-bond acceptors (Lipinski definition) is 6. The second-order valence-corrected chi connectivity index (χ2v) is 7.27. The first kappa shape index (κ1) is 21.7. The Bertz CT molecular complexity index is 1130. The SMILES string of the molecule is O=C(CN1C(=O)S/C(=C\c2cccc(F)c2)C1=O)Nc1cc(C(=O)O)cc(C(=O)O)c1. The van der Waals surface area contributed by atoms with Crippen molar-refractivity contribution in [3.05, 3.63) is 69.9 Å². The Morgan fingerprint density at radius 2 is 1.68 bits per heavy atom. The van der Waals surface area contributed by atoms with E-state index in [1.54, 1.807) is 6.07 Å². The zero-order valence-corrected chi connectivity index (χ0v) is 16.3. The van der Waals surface area contributed by atoms with Crippen LogP contribution in [0.4, 0.5) is 14.9 Å². The van der Waals surface area contributed by atoms with Gasteiger partial charge in [-0.15, -0.1) is 0 Å². The molecule has 0 atom stereocenters. The lowest BCUT2D eigenvalue weighted by molar-refractivity contribution is -0.127. The van der Waals surface area contributed by atoms with Crippen molar-refractivity contribution >= 4 is 52.5 Å². The highest BCUT2D eigenvalue weighted by Crippen LogP contribution is 2.32. The summed E-state index contributed by atoms with van der Waals surface area (Å²) < 4.78 is 13.3. The second-order valence-electron chi connectivity index (χ2n) is 6.28. The predicted octanol–water partition coefficient (Wildman–Crippen LogP) is 2.90. The number of hydrogen-bond donors (Lipinski definition) is 3. The minimum atomic E-state index is -1.40. The van der Waals surface area contributed by atoms with Crippen molar-refractivity contribution in [2.75, 3.05) is 11.9 Å². The van der Waals surface area contributed by atoms with E-state index in [2.05, 4.69) is 5.32 Å². The van der Waals surface area contributed by atoms with E-state index in [4.69, 9.17) is 10.2 Å². The first-order valence-electron chi connectivity index (χ1n) is 8.56. The van der Waals surface area contributed by atoms with E-state index < -0.39 is 41.4 Å². The largest absolute Gasteiger partial charge is 0.478 e. The van der Waals surface area contributed by atoms with Gasteiger partial charge in [-0.3, -0.25) is 19.3 Å². The van der Waals surface area contributed by atoms with Crippen LogP contribution in [0.2, 0.25) is 0 Å². The van der Waals surface area contributed by atoms with Crippen molar-refractivity contribution in [1.29, 1.82) is 0 Å². The van der Waals surface area contributed by atoms with Crippen molar-refractivity contribution < 1.29 is 38.6 Å². The summed E-state index contributed by atoms with van der Waals surface area (Å²) in [6.07, 6.45) is 1.32. The van der Waals surface area contributed by atoms with Gasteiger partial charge in [0, 0.05) is 5.69 Å². The molecule has 0 aliphatic carbocycles. The minimum Gasteiger partial charge on any atom is -0.478 e. The molecule has 9 nitrogen and oxygen atoms in total. The van der Waals surface area contributed by atoms with Gasteiger partial charge < -0.3 is 15.5 Å². The average Bonchev–Trinajstić information content (AvgIpc) is 2.95. The molecule has 0 bridgehead atoms. The van der Waals surface area contributed by atoms with Gasteiger partial charge in [0.05, 0.1) is 16.0 Å². The number of carbonyl (C=O) groups excluding carboxylic acids is 3. The third-order valence-corrected chi connectivity index (χ3v) is 4.94. The molecule has 11 heteroatoms. The zero-order chi connectivity index (χ0) is 22.7. The quantitative estimate of drug-likeness (QED) is 0.578. The molecule has 0 saturated carbocycles. The minimum absolute atomic E-state index is 0.00411. The Balaban J connectivity index is 1.75. The first-order valence-corrected chi connectivity index (χ1v) is 9.38. The van der Waals surface area contributed by atoms with E-state index in [1.807, 2.05) is 0 Å². The maximum absolute atomic E-state index is 13.3. The van der Waals surface area contributed by atoms with Crippen LogP contribution >= 0.6 is 11.8 Å². The first-order chi connectivity index (χ1) is 14.6. The van der Waals surface area contributed by atoms with Gasteiger partial charge in [0.2, 0.25) is 5.91 Å². The smallest absolute Gasteiger partial charge is 0.335 e. The van der Waals surface area contributed by atoms with Gasteiger partial charge in [0.15, 0.2) is 0 Å². The zero-order valence-electron chi connectivity index (χ0n) is 15.5. The van der Waals surface area contributed by atoms with Crippen LogP contribution in [-0.4, -0.2) is 50.6 Å². The lowest BCUT2D eigenvalue weighted by Crippen LogP contribution is -2.36. The molecule has 0 aromatic heterocycles. The Hall–Kier alpha value is -3.99. The highest BCUT2D eigenvalue weighted by atomic mass is 32.2. The third-order valence-electron chi connectivity index (χ3n) is 4.03. The molecular weight excluding hydrogens is 431 g/mol. The molecule has 3 rings (SSSR count). The molecule has 158 valence electrons. The van der Waals surface area contributed by atoms with E-state index in [0.29, 0.717) is 22.2 Å². The van der Waals surface area contributed by atoms with E-state index >= 15 is 0 Å². The fraction of sp³-hybridized carbons (Fsp3) is 0.0500. The van der Waals surface area contributed by atoms with Gasteiger partial charge in [-0.05, 0) is 53.7 Å². The number of aromatic carboxylic acids is 2. The predicted molar refractivity (Wildman–Crippen MR) is 108 cm³/mol. The molecule has 1 aliphatic heterocycles. The Labute approximate surface area is 178 Å². The molecular formula is C20H13FN2O7S. The number of nitrogens with zero attached hydrogens (tertiary/aromatic N) is 1. The van der Waals surface area contributed by atoms with E-state index in [1.165, 1.54) is 24.3 Å². The summed E-state index contributed by atoms with van der Waals surface area (Å²) in [5.74, 6) is -4.90. The number of nitrogens with one attached hydrogen (secondary N) is 1. The number of carboxylic acid groups (broad SMARTS) is 2. The van der Waals surface area contributed by atoms with E-state index in [-0.39, 0.29) is 21.7 Å². The van der Waals surface area contributed by atoms with E-state index in [9.17, 15) is 28.4 Å². The summed E-state index contributed by atoms with van der Waals surface area (Å²) in [6.45, 7) is -0.676. The van der Waals surface area contributed by atoms with E-state index in [0.717, 1.165) is 18.2 Å². The van der Waals surface area contributed by atoms with Gasteiger partial charge >= 0.3 is 11.9 Å². The van der Waals surface area contributed by atoms with Gasteiger partial charge in [0.1, 0.15) is 12.4 Å². The number of halogens is 1. The number of carboxylic acids is 2. The Kier molecular flexibility index (Phi) is 6.16. The summed E-state index contributed by atoms with van der Waals surface area (Å²) in [7, 11) is 0. The molecule has 0 radical (unpaired) electrons. The average molecular weight is 444 g/mol. The molecule has 31 heavy (non-hydrogen) atoms. The van der Waals surface area contributed by atoms with Crippen molar-refractivity contribution in [2.24, 2.45) is 0 Å². The molecule has 1 heterocycles. The van der Waals surface area contributed by atoms with Crippen LogP contribution in [-0.2, 0) is 9.59 Å². The molecule has 0 unspecified atom stereocenters. The fourth-order valence-corrected chi connectivity index (χ4v) is 3.51. The monoisotopic (exact) mass is 444 g/mol. The molecule has 3 amide bonds. The molecule has 1 fully saturated rings. The number of thioether (sulfide) groups is 1. The van der Waals surface area contributed by atoms with Crippen LogP contribution in [0.3, 0.4) is 0 Å². The number of rotatable bonds is 6. The van der Waals surface area contributed by atoms with Crippen LogP contribution < -0.4 is 5.32 Å². The van der Waals surface area contributed by atoms with Gasteiger partial charge in [0.25, 0.3) is 11.1 Å². The molecule has 3 N–H and O–H groups in total. The van der Waals surface area contributed by atoms with Crippen LogP contribution in [0.15, 0.2) is 47.4 Å². The summed E-state index contributed by atoms with van der Waals surface area (Å²) in [6, 6.07) is 8.40. The summed E-state index contributed by atoms with van der Waals surface area (Å²) in [5.41, 5.74) is -0.481. The van der Waals surface area contributed by atoms with Gasteiger partial charge in [-0.1, -0.05) is 12.1 Å². The summed E-state index contributed by atoms with van der Waals surface area (Å²) in [4.78, 5) is 59.9. The molecule has 0 spiro atoms. The number of imide groups is 1. The third kappa shape index (κ3) is 5.14. The molecule has 1 saturated heterocycles. The summed E-state index contributed by atoms with van der Waals surface area (Å²) in [5, 5.41) is 19.7. The highest BCUT2D eigenvalue weighted by Gasteiger charge is 2.36.